The Bertz CT molecular complexity index is 1230. The molecule has 2 aromatic heterocycles. The zero-order chi connectivity index (χ0) is 22.0. The van der Waals surface area contributed by atoms with Crippen molar-refractivity contribution in [3.05, 3.63) is 72.1 Å². The molecule has 0 bridgehead atoms. The fourth-order valence-corrected chi connectivity index (χ4v) is 2.99. The van der Waals surface area contributed by atoms with E-state index in [2.05, 4.69) is 20.2 Å². The lowest BCUT2D eigenvalue weighted by Crippen LogP contribution is -2.21. The molecule has 9 heteroatoms. The maximum absolute atomic E-state index is 13.8. The summed E-state index contributed by atoms with van der Waals surface area (Å²) in [6, 6.07) is 13.3. The van der Waals surface area contributed by atoms with Gasteiger partial charge in [-0.05, 0) is 24.3 Å². The highest BCUT2D eigenvalue weighted by atomic mass is 19.3. The molecule has 0 spiro atoms. The van der Waals surface area contributed by atoms with Crippen LogP contribution in [0.3, 0.4) is 0 Å². The normalized spacial score (nSPS) is 11.0. The van der Waals surface area contributed by atoms with Crippen LogP contribution >= 0.6 is 0 Å². The number of aromatic nitrogens is 4. The predicted octanol–water partition coefficient (Wildman–Crippen LogP) is 4.50. The van der Waals surface area contributed by atoms with E-state index < -0.39 is 6.43 Å². The molecule has 0 N–H and O–H groups in total. The van der Waals surface area contributed by atoms with Gasteiger partial charge >= 0.3 is 0 Å². The highest BCUT2D eigenvalue weighted by molar-refractivity contribution is 5.94. The zero-order valence-corrected chi connectivity index (χ0v) is 16.7. The summed E-state index contributed by atoms with van der Waals surface area (Å²) in [5.41, 5.74) is 1.22. The molecule has 1 amide bonds. The minimum absolute atomic E-state index is 0.117. The molecule has 4 rings (SSSR count). The van der Waals surface area contributed by atoms with Gasteiger partial charge in [0, 0.05) is 36.3 Å². The van der Waals surface area contributed by atoms with E-state index in [-0.39, 0.29) is 39.9 Å². The SMILES string of the molecule is CN(C)C(=O)c1ccc(-c2cncc(-c3nnc(-c4ccccc4)o3)n2)c(C(F)F)c1. The number of hydrogen-bond acceptors (Lipinski definition) is 6. The molecular formula is C22H17F2N5O2. The largest absolute Gasteiger partial charge is 0.415 e. The number of amides is 1. The Morgan fingerprint density at radius 1 is 0.968 bits per heavy atom. The third-order valence-electron chi connectivity index (χ3n) is 4.52. The van der Waals surface area contributed by atoms with Crippen molar-refractivity contribution >= 4 is 5.91 Å². The minimum Gasteiger partial charge on any atom is -0.415 e. The van der Waals surface area contributed by atoms with Crippen LogP contribution in [0.4, 0.5) is 8.78 Å². The van der Waals surface area contributed by atoms with E-state index in [1.165, 1.54) is 35.5 Å². The number of rotatable bonds is 5. The molecule has 0 unspecified atom stereocenters. The van der Waals surface area contributed by atoms with Crippen molar-refractivity contribution in [3.8, 4) is 34.3 Å². The summed E-state index contributed by atoms with van der Waals surface area (Å²) >= 11 is 0. The second-order valence-corrected chi connectivity index (χ2v) is 6.87. The van der Waals surface area contributed by atoms with Gasteiger partial charge in [-0.15, -0.1) is 10.2 Å². The third kappa shape index (κ3) is 4.16. The average Bonchev–Trinajstić information content (AvgIpc) is 3.29. The van der Waals surface area contributed by atoms with Crippen LogP contribution in [0.5, 0.6) is 0 Å². The number of hydrogen-bond donors (Lipinski definition) is 0. The van der Waals surface area contributed by atoms with Gasteiger partial charge in [-0.25, -0.2) is 13.8 Å². The Morgan fingerprint density at radius 3 is 2.39 bits per heavy atom. The van der Waals surface area contributed by atoms with Gasteiger partial charge in [0.25, 0.3) is 18.2 Å². The van der Waals surface area contributed by atoms with E-state index in [1.54, 1.807) is 14.1 Å². The van der Waals surface area contributed by atoms with Gasteiger partial charge in [-0.2, -0.15) is 0 Å². The molecule has 2 heterocycles. The first-order chi connectivity index (χ1) is 14.9. The fourth-order valence-electron chi connectivity index (χ4n) is 2.99. The standard InChI is InChI=1S/C22H17F2N5O2/c1-29(2)22(30)14-8-9-15(16(10-14)19(23)24)17-11-25-12-18(26-17)21-28-27-20(31-21)13-6-4-3-5-7-13/h3-12,19H,1-2H3. The van der Waals surface area contributed by atoms with Gasteiger partial charge in [0.15, 0.2) is 0 Å². The first kappa shape index (κ1) is 20.3. The molecule has 4 aromatic rings. The molecule has 7 nitrogen and oxygen atoms in total. The Hall–Kier alpha value is -4.01. The van der Waals surface area contributed by atoms with Crippen molar-refractivity contribution in [1.82, 2.24) is 25.1 Å². The van der Waals surface area contributed by atoms with Crippen molar-refractivity contribution in [2.24, 2.45) is 0 Å². The van der Waals surface area contributed by atoms with Gasteiger partial charge in [0.1, 0.15) is 5.69 Å². The molecule has 156 valence electrons. The fraction of sp³-hybridized carbons (Fsp3) is 0.136. The first-order valence-electron chi connectivity index (χ1n) is 9.29. The van der Waals surface area contributed by atoms with Crippen LogP contribution in [-0.4, -0.2) is 45.1 Å². The van der Waals surface area contributed by atoms with Crippen LogP contribution in [0, 0.1) is 0 Å². The highest BCUT2D eigenvalue weighted by Crippen LogP contribution is 2.32. The highest BCUT2D eigenvalue weighted by Gasteiger charge is 2.20. The van der Waals surface area contributed by atoms with Crippen molar-refractivity contribution < 1.29 is 18.0 Å². The van der Waals surface area contributed by atoms with Crippen molar-refractivity contribution in [2.45, 2.75) is 6.43 Å². The molecule has 0 fully saturated rings. The quantitative estimate of drug-likeness (QED) is 0.472. The third-order valence-corrected chi connectivity index (χ3v) is 4.52. The van der Waals surface area contributed by atoms with Crippen LogP contribution in [0.25, 0.3) is 34.3 Å². The number of halogens is 2. The Labute approximate surface area is 176 Å². The van der Waals surface area contributed by atoms with Crippen LogP contribution in [0.15, 0.2) is 65.3 Å². The first-order valence-corrected chi connectivity index (χ1v) is 9.29. The van der Waals surface area contributed by atoms with Crippen LogP contribution < -0.4 is 0 Å². The number of benzene rings is 2. The van der Waals surface area contributed by atoms with Crippen LogP contribution in [0.1, 0.15) is 22.3 Å². The number of alkyl halides is 2. The van der Waals surface area contributed by atoms with Crippen LogP contribution in [-0.2, 0) is 0 Å². The topological polar surface area (TPSA) is 85.0 Å². The van der Waals surface area contributed by atoms with E-state index in [0.717, 1.165) is 5.56 Å². The number of carbonyl (C=O) groups excluding carboxylic acids is 1. The van der Waals surface area contributed by atoms with E-state index in [0.29, 0.717) is 5.89 Å². The molecule has 0 aliphatic rings. The van der Waals surface area contributed by atoms with Crippen LogP contribution in [0.2, 0.25) is 0 Å². The smallest absolute Gasteiger partial charge is 0.268 e. The van der Waals surface area contributed by atoms with Gasteiger partial charge in [0.05, 0.1) is 18.1 Å². The molecule has 0 saturated heterocycles. The molecular weight excluding hydrogens is 404 g/mol. The molecule has 0 aliphatic carbocycles. The minimum atomic E-state index is -2.80. The van der Waals surface area contributed by atoms with E-state index >= 15 is 0 Å². The number of nitrogens with zero attached hydrogens (tertiary/aromatic N) is 5. The zero-order valence-electron chi connectivity index (χ0n) is 16.7. The summed E-state index contributed by atoms with van der Waals surface area (Å²) in [6.07, 6.45) is -0.0202. The predicted molar refractivity (Wildman–Crippen MR) is 109 cm³/mol. The second kappa shape index (κ2) is 8.39. The molecule has 2 aromatic carbocycles. The monoisotopic (exact) mass is 421 g/mol. The van der Waals surface area contributed by atoms with Gasteiger partial charge < -0.3 is 9.32 Å². The van der Waals surface area contributed by atoms with Crippen molar-refractivity contribution in [1.29, 1.82) is 0 Å². The molecule has 0 atom stereocenters. The second-order valence-electron chi connectivity index (χ2n) is 6.87. The van der Waals surface area contributed by atoms with E-state index in [1.807, 2.05) is 30.3 Å². The van der Waals surface area contributed by atoms with Gasteiger partial charge in [-0.1, -0.05) is 24.3 Å². The van der Waals surface area contributed by atoms with E-state index in [9.17, 15) is 13.6 Å². The lowest BCUT2D eigenvalue weighted by molar-refractivity contribution is 0.0827. The maximum atomic E-state index is 13.8. The molecule has 0 aliphatic heterocycles. The Morgan fingerprint density at radius 2 is 1.68 bits per heavy atom. The summed E-state index contributed by atoms with van der Waals surface area (Å²) in [5.74, 6) is 0.0569. The summed E-state index contributed by atoms with van der Waals surface area (Å²) in [6.45, 7) is 0. The Balaban J connectivity index is 1.72. The summed E-state index contributed by atoms with van der Waals surface area (Å²) in [7, 11) is 3.11. The lowest BCUT2D eigenvalue weighted by Gasteiger charge is -2.14. The Kier molecular flexibility index (Phi) is 5.48. The molecule has 0 saturated carbocycles. The maximum Gasteiger partial charge on any atom is 0.268 e. The summed E-state index contributed by atoms with van der Waals surface area (Å²) < 4.78 is 33.2. The average molecular weight is 421 g/mol. The lowest BCUT2D eigenvalue weighted by atomic mass is 10.0. The van der Waals surface area contributed by atoms with Crippen molar-refractivity contribution in [3.63, 3.8) is 0 Å². The molecule has 0 radical (unpaired) electrons. The van der Waals surface area contributed by atoms with E-state index in [4.69, 9.17) is 4.42 Å². The summed E-state index contributed by atoms with van der Waals surface area (Å²) in [4.78, 5) is 22.0. The van der Waals surface area contributed by atoms with Crippen molar-refractivity contribution in [2.75, 3.05) is 14.1 Å². The van der Waals surface area contributed by atoms with Gasteiger partial charge in [0.2, 0.25) is 5.89 Å². The van der Waals surface area contributed by atoms with Gasteiger partial charge in [-0.3, -0.25) is 9.78 Å². The summed E-state index contributed by atoms with van der Waals surface area (Å²) in [5, 5.41) is 8.01. The number of carbonyl (C=O) groups is 1. The molecule has 31 heavy (non-hydrogen) atoms.